The zero-order chi connectivity index (χ0) is 10.6. The van der Waals surface area contributed by atoms with Gasteiger partial charge in [0, 0.05) is 31.0 Å². The molecule has 0 aliphatic carbocycles. The van der Waals surface area contributed by atoms with Crippen molar-refractivity contribution in [2.75, 3.05) is 24.6 Å². The molecular weight excluding hydrogens is 194 g/mol. The smallest absolute Gasteiger partial charge is 0.222 e. The molecule has 1 fully saturated rings. The van der Waals surface area contributed by atoms with E-state index in [4.69, 9.17) is 0 Å². The zero-order valence-corrected chi connectivity index (χ0v) is 10.3. The van der Waals surface area contributed by atoms with Crippen LogP contribution in [0.15, 0.2) is 0 Å². The normalized spacial score (nSPS) is 18.4. The van der Waals surface area contributed by atoms with Crippen LogP contribution in [0.2, 0.25) is 0 Å². The maximum absolute atomic E-state index is 11.8. The van der Waals surface area contributed by atoms with E-state index in [0.29, 0.717) is 12.3 Å². The van der Waals surface area contributed by atoms with Crippen LogP contribution < -0.4 is 0 Å². The Morgan fingerprint density at radius 2 is 1.86 bits per heavy atom. The third-order valence-corrected chi connectivity index (χ3v) is 3.40. The number of thioether (sulfide) groups is 1. The van der Waals surface area contributed by atoms with Crippen LogP contribution in [0, 0.1) is 5.41 Å². The fourth-order valence-electron chi connectivity index (χ4n) is 1.45. The Morgan fingerprint density at radius 1 is 1.29 bits per heavy atom. The Balaban J connectivity index is 2.27. The molecule has 14 heavy (non-hydrogen) atoms. The van der Waals surface area contributed by atoms with E-state index in [9.17, 15) is 4.79 Å². The van der Waals surface area contributed by atoms with Gasteiger partial charge in [0.25, 0.3) is 0 Å². The lowest BCUT2D eigenvalue weighted by molar-refractivity contribution is -0.131. The van der Waals surface area contributed by atoms with Gasteiger partial charge < -0.3 is 4.90 Å². The van der Waals surface area contributed by atoms with Gasteiger partial charge in [0.05, 0.1) is 0 Å². The molecule has 1 amide bonds. The lowest BCUT2D eigenvalue weighted by Crippen LogP contribution is -2.38. The van der Waals surface area contributed by atoms with E-state index < -0.39 is 0 Å². The minimum absolute atomic E-state index is 0.278. The number of amides is 1. The lowest BCUT2D eigenvalue weighted by Gasteiger charge is -2.27. The third kappa shape index (κ3) is 4.36. The molecule has 1 saturated heterocycles. The summed E-state index contributed by atoms with van der Waals surface area (Å²) >= 11 is 1.95. The number of nitrogens with zero attached hydrogens (tertiary/aromatic N) is 1. The molecule has 0 N–H and O–H groups in total. The van der Waals surface area contributed by atoms with Crippen LogP contribution in [0.3, 0.4) is 0 Å². The first kappa shape index (κ1) is 11.9. The molecule has 0 unspecified atom stereocenters. The van der Waals surface area contributed by atoms with Gasteiger partial charge in [0.1, 0.15) is 0 Å². The Morgan fingerprint density at radius 3 is 2.36 bits per heavy atom. The molecule has 0 aromatic heterocycles. The molecule has 82 valence electrons. The van der Waals surface area contributed by atoms with Gasteiger partial charge in [-0.3, -0.25) is 4.79 Å². The molecule has 3 heteroatoms. The highest BCUT2D eigenvalue weighted by atomic mass is 32.2. The minimum atomic E-state index is 0.278. The number of carbonyl (C=O) groups excluding carboxylic acids is 1. The van der Waals surface area contributed by atoms with E-state index in [2.05, 4.69) is 20.8 Å². The summed E-state index contributed by atoms with van der Waals surface area (Å²) in [5.74, 6) is 2.57. The van der Waals surface area contributed by atoms with Crippen LogP contribution in [0.25, 0.3) is 0 Å². The van der Waals surface area contributed by atoms with Gasteiger partial charge in [-0.2, -0.15) is 11.8 Å². The molecule has 2 nitrogen and oxygen atoms in total. The van der Waals surface area contributed by atoms with Gasteiger partial charge in [-0.15, -0.1) is 0 Å². The average molecular weight is 215 g/mol. The van der Waals surface area contributed by atoms with Gasteiger partial charge >= 0.3 is 0 Å². The second kappa shape index (κ2) is 5.06. The summed E-state index contributed by atoms with van der Waals surface area (Å²) in [6.07, 6.45) is 1.71. The SMILES string of the molecule is CC(C)(C)CCC(=O)N1CCSCC1. The number of carbonyl (C=O) groups is 1. The fraction of sp³-hybridized carbons (Fsp3) is 0.909. The maximum Gasteiger partial charge on any atom is 0.222 e. The molecular formula is C11H21NOS. The van der Waals surface area contributed by atoms with E-state index in [1.165, 1.54) is 0 Å². The van der Waals surface area contributed by atoms with Crippen LogP contribution in [-0.4, -0.2) is 35.4 Å². The molecule has 0 atom stereocenters. The molecule has 1 aliphatic heterocycles. The van der Waals surface area contributed by atoms with Crippen molar-refractivity contribution in [3.63, 3.8) is 0 Å². The number of rotatable bonds is 2. The van der Waals surface area contributed by atoms with Gasteiger partial charge in [0.2, 0.25) is 5.91 Å². The summed E-state index contributed by atoms with van der Waals surface area (Å²) in [6.45, 7) is 8.46. The quantitative estimate of drug-likeness (QED) is 0.705. The third-order valence-electron chi connectivity index (χ3n) is 2.45. The highest BCUT2D eigenvalue weighted by molar-refractivity contribution is 7.99. The van der Waals surface area contributed by atoms with Crippen LogP contribution in [0.1, 0.15) is 33.6 Å². The Kier molecular flexibility index (Phi) is 4.30. The van der Waals surface area contributed by atoms with E-state index in [1.54, 1.807) is 0 Å². The summed E-state index contributed by atoms with van der Waals surface area (Å²) in [4.78, 5) is 13.8. The average Bonchev–Trinajstić information content (AvgIpc) is 2.14. The summed E-state index contributed by atoms with van der Waals surface area (Å²) < 4.78 is 0. The van der Waals surface area contributed by atoms with Crippen LogP contribution in [0.4, 0.5) is 0 Å². The molecule has 1 rings (SSSR count). The van der Waals surface area contributed by atoms with Gasteiger partial charge in [-0.05, 0) is 11.8 Å². The molecule has 0 bridgehead atoms. The van der Waals surface area contributed by atoms with Crippen molar-refractivity contribution in [3.8, 4) is 0 Å². The first-order valence-electron chi connectivity index (χ1n) is 5.34. The maximum atomic E-state index is 11.8. The van der Waals surface area contributed by atoms with E-state index in [0.717, 1.165) is 31.0 Å². The summed E-state index contributed by atoms with van der Waals surface area (Å²) in [5.41, 5.74) is 0.278. The Labute approximate surface area is 91.4 Å². The Hall–Kier alpha value is -0.180. The van der Waals surface area contributed by atoms with E-state index >= 15 is 0 Å². The lowest BCUT2D eigenvalue weighted by atomic mass is 9.90. The number of hydrogen-bond donors (Lipinski definition) is 0. The van der Waals surface area contributed by atoms with Crippen molar-refractivity contribution in [2.45, 2.75) is 33.6 Å². The molecule has 0 radical (unpaired) electrons. The van der Waals surface area contributed by atoms with E-state index in [1.807, 2.05) is 16.7 Å². The molecule has 0 saturated carbocycles. The van der Waals surface area contributed by atoms with Crippen molar-refractivity contribution < 1.29 is 4.79 Å². The summed E-state index contributed by atoms with van der Waals surface area (Å²) in [7, 11) is 0. The monoisotopic (exact) mass is 215 g/mol. The van der Waals surface area contributed by atoms with Crippen LogP contribution in [0.5, 0.6) is 0 Å². The first-order chi connectivity index (χ1) is 6.49. The van der Waals surface area contributed by atoms with Crippen molar-refractivity contribution in [1.82, 2.24) is 4.90 Å². The predicted molar refractivity (Wildman–Crippen MR) is 62.6 cm³/mol. The predicted octanol–water partition coefficient (Wildman–Crippen LogP) is 2.39. The fourth-order valence-corrected chi connectivity index (χ4v) is 2.36. The first-order valence-corrected chi connectivity index (χ1v) is 6.50. The highest BCUT2D eigenvalue weighted by Gasteiger charge is 2.19. The second-order valence-electron chi connectivity index (χ2n) is 5.05. The van der Waals surface area contributed by atoms with Crippen LogP contribution in [-0.2, 0) is 4.79 Å². The van der Waals surface area contributed by atoms with Gasteiger partial charge in [-0.25, -0.2) is 0 Å². The topological polar surface area (TPSA) is 20.3 Å². The summed E-state index contributed by atoms with van der Waals surface area (Å²) in [6, 6.07) is 0. The van der Waals surface area contributed by atoms with Crippen molar-refractivity contribution in [3.05, 3.63) is 0 Å². The number of hydrogen-bond acceptors (Lipinski definition) is 2. The Bertz CT molecular complexity index is 192. The van der Waals surface area contributed by atoms with Gasteiger partial charge in [-0.1, -0.05) is 20.8 Å². The van der Waals surface area contributed by atoms with Crippen molar-refractivity contribution >= 4 is 17.7 Å². The van der Waals surface area contributed by atoms with E-state index in [-0.39, 0.29) is 5.41 Å². The molecule has 0 aromatic carbocycles. The van der Waals surface area contributed by atoms with Crippen LogP contribution >= 0.6 is 11.8 Å². The largest absolute Gasteiger partial charge is 0.341 e. The highest BCUT2D eigenvalue weighted by Crippen LogP contribution is 2.21. The molecule has 0 aromatic rings. The minimum Gasteiger partial charge on any atom is -0.341 e. The summed E-state index contributed by atoms with van der Waals surface area (Å²) in [5, 5.41) is 0. The zero-order valence-electron chi connectivity index (χ0n) is 9.51. The second-order valence-corrected chi connectivity index (χ2v) is 6.28. The standard InChI is InChI=1S/C11H21NOS/c1-11(2,3)5-4-10(13)12-6-8-14-9-7-12/h4-9H2,1-3H3. The van der Waals surface area contributed by atoms with Crippen molar-refractivity contribution in [1.29, 1.82) is 0 Å². The molecule has 0 spiro atoms. The molecule has 1 heterocycles. The van der Waals surface area contributed by atoms with Crippen molar-refractivity contribution in [2.24, 2.45) is 5.41 Å². The van der Waals surface area contributed by atoms with Gasteiger partial charge in [0.15, 0.2) is 0 Å². The molecule has 1 aliphatic rings.